The molecule has 5 heteroatoms. The number of benzene rings is 1. The fourth-order valence-electron chi connectivity index (χ4n) is 5.45. The number of carbonyl (C=O) groups is 1. The molecule has 5 nitrogen and oxygen atoms in total. The summed E-state index contributed by atoms with van der Waals surface area (Å²) in [5.41, 5.74) is 1.21. The first-order valence-electron chi connectivity index (χ1n) is 11.6. The number of hydrogen-bond donors (Lipinski definition) is 0. The quantitative estimate of drug-likeness (QED) is 0.757. The van der Waals surface area contributed by atoms with Gasteiger partial charge in [-0.3, -0.25) is 9.69 Å². The minimum Gasteiger partial charge on any atom is -0.495 e. The summed E-state index contributed by atoms with van der Waals surface area (Å²) in [7, 11) is 1.75. The lowest BCUT2D eigenvalue weighted by Crippen LogP contribution is -2.50. The van der Waals surface area contributed by atoms with E-state index in [9.17, 15) is 4.79 Å². The molecule has 1 unspecified atom stereocenters. The highest BCUT2D eigenvalue weighted by Gasteiger charge is 2.31. The predicted octanol–water partition coefficient (Wildman–Crippen LogP) is 3.64. The summed E-state index contributed by atoms with van der Waals surface area (Å²) in [6.07, 6.45) is 8.46. The van der Waals surface area contributed by atoms with Gasteiger partial charge in [-0.1, -0.05) is 31.4 Å². The number of carbonyl (C=O) groups excluding carboxylic acids is 1. The number of ether oxygens (including phenoxy) is 1. The first-order valence-corrected chi connectivity index (χ1v) is 11.6. The molecule has 0 aromatic heterocycles. The topological polar surface area (TPSA) is 36.0 Å². The molecule has 1 amide bonds. The second kappa shape index (κ2) is 9.84. The summed E-state index contributed by atoms with van der Waals surface area (Å²) >= 11 is 0. The zero-order valence-corrected chi connectivity index (χ0v) is 18.0. The minimum atomic E-state index is 0.312. The summed E-state index contributed by atoms with van der Waals surface area (Å²) in [5, 5.41) is 0. The van der Waals surface area contributed by atoms with Gasteiger partial charge in [0.1, 0.15) is 5.75 Å². The van der Waals surface area contributed by atoms with Gasteiger partial charge in [0.25, 0.3) is 0 Å². The molecule has 1 saturated carbocycles. The Hall–Kier alpha value is -1.75. The molecule has 4 rings (SSSR count). The Bertz CT molecular complexity index is 666. The number of methoxy groups -OCH3 is 1. The Kier molecular flexibility index (Phi) is 6.96. The molecule has 0 bridgehead atoms. The second-order valence-corrected chi connectivity index (χ2v) is 9.09. The van der Waals surface area contributed by atoms with Gasteiger partial charge in [0.2, 0.25) is 5.91 Å². The van der Waals surface area contributed by atoms with Crippen molar-refractivity contribution < 1.29 is 9.53 Å². The highest BCUT2D eigenvalue weighted by Crippen LogP contribution is 2.30. The van der Waals surface area contributed by atoms with Crippen LogP contribution in [-0.2, 0) is 4.79 Å². The van der Waals surface area contributed by atoms with Crippen LogP contribution in [0.3, 0.4) is 0 Å². The van der Waals surface area contributed by atoms with E-state index in [0.717, 1.165) is 64.4 Å². The van der Waals surface area contributed by atoms with Gasteiger partial charge in [-0.25, -0.2) is 0 Å². The van der Waals surface area contributed by atoms with Gasteiger partial charge in [0.15, 0.2) is 0 Å². The first kappa shape index (κ1) is 20.5. The number of nitrogens with zero attached hydrogens (tertiary/aromatic N) is 3. The number of piperazine rings is 1. The second-order valence-electron chi connectivity index (χ2n) is 9.09. The third-order valence-corrected chi connectivity index (χ3v) is 7.10. The molecule has 1 atom stereocenters. The lowest BCUT2D eigenvalue weighted by molar-refractivity contribution is -0.138. The van der Waals surface area contributed by atoms with E-state index in [2.05, 4.69) is 26.8 Å². The highest BCUT2D eigenvalue weighted by molar-refractivity contribution is 5.79. The van der Waals surface area contributed by atoms with E-state index in [0.29, 0.717) is 17.7 Å². The van der Waals surface area contributed by atoms with Crippen molar-refractivity contribution in [2.24, 2.45) is 11.8 Å². The summed E-state index contributed by atoms with van der Waals surface area (Å²) < 4.78 is 5.54. The standard InChI is InChI=1S/C24H37N3O2/c1-29-23-12-6-5-11-22(23)26-16-14-25(15-17-26)18-20-8-7-13-27(19-20)24(28)21-9-3-2-4-10-21/h5-6,11-12,20-21H,2-4,7-10,13-19H2,1H3. The van der Waals surface area contributed by atoms with Gasteiger partial charge in [-0.05, 0) is 43.7 Å². The molecular formula is C24H37N3O2. The number of rotatable bonds is 5. The Morgan fingerprint density at radius 3 is 2.48 bits per heavy atom. The molecule has 2 heterocycles. The van der Waals surface area contributed by atoms with E-state index in [-0.39, 0.29) is 0 Å². The van der Waals surface area contributed by atoms with Gasteiger partial charge in [-0.15, -0.1) is 0 Å². The van der Waals surface area contributed by atoms with Gasteiger partial charge in [-0.2, -0.15) is 0 Å². The molecule has 0 spiro atoms. The van der Waals surface area contributed by atoms with Crippen LogP contribution >= 0.6 is 0 Å². The fraction of sp³-hybridized carbons (Fsp3) is 0.708. The molecule has 3 fully saturated rings. The first-order chi connectivity index (χ1) is 14.2. The molecule has 2 aliphatic heterocycles. The Morgan fingerprint density at radius 1 is 0.966 bits per heavy atom. The summed E-state index contributed by atoms with van der Waals surface area (Å²) in [5.74, 6) is 2.36. The lowest BCUT2D eigenvalue weighted by Gasteiger charge is -2.41. The summed E-state index contributed by atoms with van der Waals surface area (Å²) in [4.78, 5) is 20.2. The number of amides is 1. The monoisotopic (exact) mass is 399 g/mol. The maximum atomic E-state index is 12.9. The van der Waals surface area contributed by atoms with Crippen molar-refractivity contribution in [2.75, 3.05) is 57.8 Å². The third-order valence-electron chi connectivity index (χ3n) is 7.10. The molecule has 160 valence electrons. The lowest BCUT2D eigenvalue weighted by atomic mass is 9.87. The number of anilines is 1. The average molecular weight is 400 g/mol. The van der Waals surface area contributed by atoms with Crippen LogP contribution in [0.2, 0.25) is 0 Å². The molecule has 1 aromatic rings. The van der Waals surface area contributed by atoms with Crippen molar-refractivity contribution in [3.63, 3.8) is 0 Å². The van der Waals surface area contributed by atoms with E-state index in [1.54, 1.807) is 7.11 Å². The molecule has 2 saturated heterocycles. The zero-order valence-electron chi connectivity index (χ0n) is 18.0. The number of piperidine rings is 1. The van der Waals surface area contributed by atoms with Crippen LogP contribution in [0.25, 0.3) is 0 Å². The fourth-order valence-corrected chi connectivity index (χ4v) is 5.45. The largest absolute Gasteiger partial charge is 0.495 e. The smallest absolute Gasteiger partial charge is 0.225 e. The van der Waals surface area contributed by atoms with Crippen molar-refractivity contribution in [3.05, 3.63) is 24.3 Å². The number of para-hydroxylation sites is 2. The van der Waals surface area contributed by atoms with Crippen LogP contribution in [0.5, 0.6) is 5.75 Å². The van der Waals surface area contributed by atoms with Gasteiger partial charge >= 0.3 is 0 Å². The van der Waals surface area contributed by atoms with Crippen LogP contribution in [-0.4, -0.2) is 68.6 Å². The molecule has 3 aliphatic rings. The van der Waals surface area contributed by atoms with E-state index in [1.165, 1.54) is 37.8 Å². The Balaban J connectivity index is 1.26. The van der Waals surface area contributed by atoms with E-state index in [1.807, 2.05) is 12.1 Å². The molecule has 0 radical (unpaired) electrons. The minimum absolute atomic E-state index is 0.312. The maximum absolute atomic E-state index is 12.9. The highest BCUT2D eigenvalue weighted by atomic mass is 16.5. The van der Waals surface area contributed by atoms with Crippen LogP contribution in [0, 0.1) is 11.8 Å². The number of hydrogen-bond acceptors (Lipinski definition) is 4. The molecule has 0 N–H and O–H groups in total. The third kappa shape index (κ3) is 5.06. The average Bonchev–Trinajstić information content (AvgIpc) is 2.80. The van der Waals surface area contributed by atoms with Crippen LogP contribution in [0.15, 0.2) is 24.3 Å². The molecular weight excluding hydrogens is 362 g/mol. The van der Waals surface area contributed by atoms with Crippen molar-refractivity contribution in [1.82, 2.24) is 9.80 Å². The van der Waals surface area contributed by atoms with E-state index < -0.39 is 0 Å². The molecule has 29 heavy (non-hydrogen) atoms. The zero-order chi connectivity index (χ0) is 20.1. The van der Waals surface area contributed by atoms with Gasteiger partial charge in [0.05, 0.1) is 12.8 Å². The van der Waals surface area contributed by atoms with Crippen LogP contribution in [0.4, 0.5) is 5.69 Å². The van der Waals surface area contributed by atoms with Gasteiger partial charge in [0, 0.05) is 51.7 Å². The SMILES string of the molecule is COc1ccccc1N1CCN(CC2CCCN(C(=O)C3CCCCC3)C2)CC1. The van der Waals surface area contributed by atoms with E-state index in [4.69, 9.17) is 4.74 Å². The summed E-state index contributed by atoms with van der Waals surface area (Å²) in [6.45, 7) is 7.34. The normalized spacial score (nSPS) is 24.5. The Labute approximate surface area is 176 Å². The predicted molar refractivity (Wildman–Crippen MR) is 118 cm³/mol. The maximum Gasteiger partial charge on any atom is 0.225 e. The van der Waals surface area contributed by atoms with Crippen LogP contribution in [0.1, 0.15) is 44.9 Å². The molecule has 1 aliphatic carbocycles. The van der Waals surface area contributed by atoms with Gasteiger partial charge < -0.3 is 14.5 Å². The Morgan fingerprint density at radius 2 is 1.72 bits per heavy atom. The summed E-state index contributed by atoms with van der Waals surface area (Å²) in [6, 6.07) is 8.32. The number of likely N-dealkylation sites (tertiary alicyclic amines) is 1. The van der Waals surface area contributed by atoms with Crippen molar-refractivity contribution in [3.8, 4) is 5.75 Å². The van der Waals surface area contributed by atoms with Crippen molar-refractivity contribution >= 4 is 11.6 Å². The van der Waals surface area contributed by atoms with Crippen LogP contribution < -0.4 is 9.64 Å². The molecule has 1 aromatic carbocycles. The van der Waals surface area contributed by atoms with Crippen molar-refractivity contribution in [2.45, 2.75) is 44.9 Å². The van der Waals surface area contributed by atoms with E-state index >= 15 is 0 Å². The van der Waals surface area contributed by atoms with Crippen molar-refractivity contribution in [1.29, 1.82) is 0 Å².